The molecule has 0 saturated heterocycles. The number of aryl methyl sites for hydroxylation is 2. The Balaban J connectivity index is 1.65. The molecular formula is C18H20N8O3. The third-order valence-electron chi connectivity index (χ3n) is 4.13. The molecule has 0 aliphatic carbocycles. The number of hydrazine groups is 1. The lowest BCUT2D eigenvalue weighted by atomic mass is 10.1. The average molecular weight is 396 g/mol. The lowest BCUT2D eigenvalue weighted by molar-refractivity contribution is -0.383. The fourth-order valence-corrected chi connectivity index (χ4v) is 2.67. The van der Waals surface area contributed by atoms with E-state index in [1.165, 1.54) is 6.33 Å². The van der Waals surface area contributed by atoms with E-state index in [1.54, 1.807) is 37.6 Å². The minimum absolute atomic E-state index is 0.0725. The third kappa shape index (κ3) is 5.03. The van der Waals surface area contributed by atoms with Crippen LogP contribution in [0.1, 0.15) is 22.3 Å². The summed E-state index contributed by atoms with van der Waals surface area (Å²) in [6, 6.07) is 7.02. The van der Waals surface area contributed by atoms with E-state index in [4.69, 9.17) is 0 Å². The van der Waals surface area contributed by atoms with Crippen LogP contribution in [0.15, 0.2) is 49.3 Å². The molecule has 0 bridgehead atoms. The highest BCUT2D eigenvalue weighted by atomic mass is 16.6. The van der Waals surface area contributed by atoms with Crippen LogP contribution in [0.3, 0.4) is 0 Å². The van der Waals surface area contributed by atoms with Crippen molar-refractivity contribution in [3.05, 3.63) is 70.6 Å². The molecule has 0 saturated carbocycles. The Morgan fingerprint density at radius 3 is 2.76 bits per heavy atom. The Hall–Kier alpha value is -4.02. The first kappa shape index (κ1) is 19.7. The van der Waals surface area contributed by atoms with E-state index in [1.807, 2.05) is 16.8 Å². The second-order valence-corrected chi connectivity index (χ2v) is 6.15. The van der Waals surface area contributed by atoms with E-state index in [-0.39, 0.29) is 17.3 Å². The van der Waals surface area contributed by atoms with Crippen molar-refractivity contribution in [2.45, 2.75) is 19.9 Å². The van der Waals surface area contributed by atoms with Crippen molar-refractivity contribution >= 4 is 23.2 Å². The number of hydrogen-bond acceptors (Lipinski definition) is 8. The van der Waals surface area contributed by atoms with Crippen LogP contribution in [-0.4, -0.2) is 36.9 Å². The fraction of sp³-hybridized carbons (Fsp3) is 0.222. The molecule has 11 heteroatoms. The first-order valence-electron chi connectivity index (χ1n) is 8.87. The molecule has 2 aromatic heterocycles. The highest BCUT2D eigenvalue weighted by Crippen LogP contribution is 2.28. The number of benzene rings is 1. The van der Waals surface area contributed by atoms with Gasteiger partial charge in [0.2, 0.25) is 11.6 Å². The van der Waals surface area contributed by atoms with Gasteiger partial charge in [-0.2, -0.15) is 0 Å². The van der Waals surface area contributed by atoms with Gasteiger partial charge >= 0.3 is 5.69 Å². The van der Waals surface area contributed by atoms with Gasteiger partial charge in [-0.1, -0.05) is 18.2 Å². The molecule has 0 aliphatic rings. The Morgan fingerprint density at radius 1 is 1.24 bits per heavy atom. The van der Waals surface area contributed by atoms with Crippen LogP contribution >= 0.6 is 0 Å². The molecule has 2 heterocycles. The van der Waals surface area contributed by atoms with Gasteiger partial charge in [0.05, 0.1) is 11.3 Å². The smallest absolute Gasteiger partial charge is 0.354 e. The predicted octanol–water partition coefficient (Wildman–Crippen LogP) is 2.15. The molecule has 0 atom stereocenters. The van der Waals surface area contributed by atoms with Crippen LogP contribution in [0.5, 0.6) is 0 Å². The summed E-state index contributed by atoms with van der Waals surface area (Å²) in [5, 5.41) is 14.5. The largest absolute Gasteiger partial charge is 0.364 e. The van der Waals surface area contributed by atoms with Crippen LogP contribution in [0.2, 0.25) is 0 Å². The molecule has 1 aromatic carbocycles. The maximum Gasteiger partial charge on any atom is 0.354 e. The summed E-state index contributed by atoms with van der Waals surface area (Å²) in [7, 11) is 0. The molecule has 0 fully saturated rings. The second-order valence-electron chi connectivity index (χ2n) is 6.15. The number of aromatic nitrogens is 4. The quantitative estimate of drug-likeness (QED) is 0.284. The average Bonchev–Trinajstić information content (AvgIpc) is 3.23. The number of nitrogens with one attached hydrogen (secondary N) is 3. The predicted molar refractivity (Wildman–Crippen MR) is 106 cm³/mol. The van der Waals surface area contributed by atoms with Gasteiger partial charge in [-0.05, 0) is 25.0 Å². The van der Waals surface area contributed by atoms with Gasteiger partial charge in [0.1, 0.15) is 6.33 Å². The van der Waals surface area contributed by atoms with Crippen molar-refractivity contribution in [2.75, 3.05) is 17.3 Å². The lowest BCUT2D eigenvalue weighted by Crippen LogP contribution is -2.31. The molecule has 0 spiro atoms. The molecule has 11 nitrogen and oxygen atoms in total. The summed E-state index contributed by atoms with van der Waals surface area (Å²) in [6.45, 7) is 2.97. The number of nitro groups is 1. The van der Waals surface area contributed by atoms with Crippen LogP contribution in [0, 0.1) is 17.0 Å². The maximum absolute atomic E-state index is 12.3. The van der Waals surface area contributed by atoms with Crippen molar-refractivity contribution in [1.29, 1.82) is 0 Å². The van der Waals surface area contributed by atoms with Crippen LogP contribution in [0.25, 0.3) is 0 Å². The Labute approximate surface area is 166 Å². The Kier molecular flexibility index (Phi) is 6.30. The number of anilines is 2. The van der Waals surface area contributed by atoms with Crippen LogP contribution in [0.4, 0.5) is 17.3 Å². The maximum atomic E-state index is 12.3. The second kappa shape index (κ2) is 9.26. The topological polar surface area (TPSA) is 140 Å². The van der Waals surface area contributed by atoms with Gasteiger partial charge in [0.25, 0.3) is 5.91 Å². The van der Waals surface area contributed by atoms with Crippen LogP contribution in [-0.2, 0) is 6.54 Å². The van der Waals surface area contributed by atoms with Gasteiger partial charge in [0, 0.05) is 31.0 Å². The van der Waals surface area contributed by atoms with Gasteiger partial charge in [0.15, 0.2) is 0 Å². The molecule has 0 unspecified atom stereocenters. The van der Waals surface area contributed by atoms with Gasteiger partial charge in [-0.15, -0.1) is 0 Å². The number of rotatable bonds is 9. The van der Waals surface area contributed by atoms with Crippen molar-refractivity contribution in [2.24, 2.45) is 0 Å². The van der Waals surface area contributed by atoms with Gasteiger partial charge in [-0.25, -0.2) is 15.0 Å². The van der Waals surface area contributed by atoms with Gasteiger partial charge < -0.3 is 9.88 Å². The molecule has 150 valence electrons. The first-order chi connectivity index (χ1) is 14.1. The van der Waals surface area contributed by atoms with E-state index >= 15 is 0 Å². The molecule has 0 radical (unpaired) electrons. The monoisotopic (exact) mass is 396 g/mol. The van der Waals surface area contributed by atoms with Gasteiger partial charge in [-0.3, -0.25) is 25.8 Å². The van der Waals surface area contributed by atoms with Crippen molar-refractivity contribution < 1.29 is 9.72 Å². The summed E-state index contributed by atoms with van der Waals surface area (Å²) < 4.78 is 1.91. The van der Waals surface area contributed by atoms with E-state index in [9.17, 15) is 14.9 Å². The van der Waals surface area contributed by atoms with E-state index in [0.29, 0.717) is 25.1 Å². The normalized spacial score (nSPS) is 10.4. The first-order valence-corrected chi connectivity index (χ1v) is 8.87. The zero-order valence-electron chi connectivity index (χ0n) is 15.7. The van der Waals surface area contributed by atoms with Crippen LogP contribution < -0.4 is 16.2 Å². The van der Waals surface area contributed by atoms with Crippen molar-refractivity contribution in [3.63, 3.8) is 0 Å². The SMILES string of the molecule is Cc1ccccc1C(=O)NNc1ncnc(NCCCn2ccnc2)c1[N+](=O)[O-]. The highest BCUT2D eigenvalue weighted by molar-refractivity contribution is 5.96. The number of carbonyl (C=O) groups is 1. The minimum atomic E-state index is -0.597. The van der Waals surface area contributed by atoms with E-state index in [2.05, 4.69) is 31.1 Å². The zero-order chi connectivity index (χ0) is 20.6. The highest BCUT2D eigenvalue weighted by Gasteiger charge is 2.23. The third-order valence-corrected chi connectivity index (χ3v) is 4.13. The number of amides is 1. The molecule has 3 rings (SSSR count). The molecule has 29 heavy (non-hydrogen) atoms. The van der Waals surface area contributed by atoms with E-state index < -0.39 is 10.8 Å². The molecule has 3 N–H and O–H groups in total. The van der Waals surface area contributed by atoms with Crippen molar-refractivity contribution in [3.8, 4) is 0 Å². The molecule has 3 aromatic rings. The molecule has 1 amide bonds. The summed E-state index contributed by atoms with van der Waals surface area (Å²) >= 11 is 0. The zero-order valence-corrected chi connectivity index (χ0v) is 15.7. The number of nitrogens with zero attached hydrogens (tertiary/aromatic N) is 5. The standard InChI is InChI=1S/C18H20N8O3/c1-13-5-2-3-6-14(13)18(27)24-23-17-15(26(28)29)16(21-11-22-17)20-7-4-9-25-10-8-19-12-25/h2-3,5-6,8,10-12H,4,7,9H2,1H3,(H,24,27)(H2,20,21,22,23). The summed E-state index contributed by atoms with van der Waals surface area (Å²) in [5.41, 5.74) is 5.86. The summed E-state index contributed by atoms with van der Waals surface area (Å²) in [5.74, 6) is -0.460. The minimum Gasteiger partial charge on any atom is -0.364 e. The molecule has 0 aliphatic heterocycles. The summed E-state index contributed by atoms with van der Waals surface area (Å²) in [4.78, 5) is 35.1. The fourth-order valence-electron chi connectivity index (χ4n) is 2.67. The number of carbonyl (C=O) groups excluding carboxylic acids is 1. The Morgan fingerprint density at radius 2 is 2.03 bits per heavy atom. The number of hydrogen-bond donors (Lipinski definition) is 3. The number of imidazole rings is 1. The molecular weight excluding hydrogens is 376 g/mol. The van der Waals surface area contributed by atoms with Crippen molar-refractivity contribution in [1.82, 2.24) is 24.9 Å². The van der Waals surface area contributed by atoms with E-state index in [0.717, 1.165) is 5.56 Å². The Bertz CT molecular complexity index is 991. The summed E-state index contributed by atoms with van der Waals surface area (Å²) in [6.07, 6.45) is 7.13. The lowest BCUT2D eigenvalue weighted by Gasteiger charge is -2.11.